The number of aromatic nitrogens is 1. The monoisotopic (exact) mass is 275 g/mol. The van der Waals surface area contributed by atoms with Gasteiger partial charge in [-0.1, -0.05) is 6.92 Å². The van der Waals surface area contributed by atoms with Gasteiger partial charge in [0.25, 0.3) is 0 Å². The second-order valence-corrected chi connectivity index (χ2v) is 5.52. The van der Waals surface area contributed by atoms with Gasteiger partial charge < -0.3 is 10.6 Å². The minimum Gasteiger partial charge on any atom is -0.384 e. The van der Waals surface area contributed by atoms with Crippen molar-refractivity contribution in [3.63, 3.8) is 0 Å². The van der Waals surface area contributed by atoms with Crippen molar-refractivity contribution < 1.29 is 0 Å². The smallest absolute Gasteiger partial charge is 0.140 e. The number of aryl methyl sites for hydroxylation is 2. The summed E-state index contributed by atoms with van der Waals surface area (Å²) >= 11 is 0. The van der Waals surface area contributed by atoms with Gasteiger partial charge in [-0.25, -0.2) is 4.98 Å². The number of hydrogen-bond acceptors (Lipinski definition) is 4. The van der Waals surface area contributed by atoms with Gasteiger partial charge in [0, 0.05) is 31.9 Å². The number of piperazine rings is 1. The van der Waals surface area contributed by atoms with Gasteiger partial charge in [-0.3, -0.25) is 10.3 Å². The van der Waals surface area contributed by atoms with E-state index in [9.17, 15) is 0 Å². The van der Waals surface area contributed by atoms with Crippen LogP contribution in [-0.4, -0.2) is 48.4 Å². The molecule has 1 aromatic heterocycles. The Morgan fingerprint density at radius 3 is 2.50 bits per heavy atom. The third-order valence-electron chi connectivity index (χ3n) is 3.81. The van der Waals surface area contributed by atoms with Gasteiger partial charge in [-0.2, -0.15) is 0 Å². The Bertz CT molecular complexity index is 489. The molecule has 1 aliphatic rings. The molecule has 1 saturated heterocycles. The van der Waals surface area contributed by atoms with Crippen molar-refractivity contribution in [1.82, 2.24) is 9.88 Å². The van der Waals surface area contributed by atoms with Crippen LogP contribution in [0.4, 0.5) is 5.82 Å². The number of amidine groups is 1. The summed E-state index contributed by atoms with van der Waals surface area (Å²) in [6, 6.07) is 1.99. The number of nitrogens with zero attached hydrogens (tertiary/aromatic N) is 3. The van der Waals surface area contributed by atoms with E-state index < -0.39 is 0 Å². The first-order chi connectivity index (χ1) is 9.52. The van der Waals surface area contributed by atoms with Crippen LogP contribution >= 0.6 is 0 Å². The van der Waals surface area contributed by atoms with Gasteiger partial charge in [-0.05, 0) is 38.4 Å². The molecule has 5 nitrogen and oxygen atoms in total. The number of pyridine rings is 1. The number of nitrogens with one attached hydrogen (secondary N) is 1. The Morgan fingerprint density at radius 1 is 1.30 bits per heavy atom. The molecule has 0 aliphatic carbocycles. The molecule has 0 aromatic carbocycles. The molecule has 2 heterocycles. The predicted octanol–water partition coefficient (Wildman–Crippen LogP) is 1.51. The molecule has 1 aromatic rings. The van der Waals surface area contributed by atoms with Crippen LogP contribution in [0.3, 0.4) is 0 Å². The number of anilines is 1. The zero-order valence-electron chi connectivity index (χ0n) is 12.7. The molecule has 5 heteroatoms. The summed E-state index contributed by atoms with van der Waals surface area (Å²) in [5.74, 6) is 0.993. The lowest BCUT2D eigenvalue weighted by molar-refractivity contribution is 0.258. The Morgan fingerprint density at radius 2 is 1.95 bits per heavy atom. The Kier molecular flexibility index (Phi) is 4.60. The summed E-state index contributed by atoms with van der Waals surface area (Å²) in [6.45, 7) is 11.4. The van der Waals surface area contributed by atoms with Gasteiger partial charge in [0.05, 0.1) is 5.56 Å². The highest BCUT2D eigenvalue weighted by molar-refractivity contribution is 6.01. The molecule has 0 amide bonds. The zero-order chi connectivity index (χ0) is 14.7. The summed E-state index contributed by atoms with van der Waals surface area (Å²) < 4.78 is 0. The lowest BCUT2D eigenvalue weighted by atomic mass is 10.1. The second-order valence-electron chi connectivity index (χ2n) is 5.52. The minimum absolute atomic E-state index is 0.112. The maximum absolute atomic E-state index is 7.81. The molecule has 1 aliphatic heterocycles. The van der Waals surface area contributed by atoms with Gasteiger partial charge in [0.1, 0.15) is 11.7 Å². The summed E-state index contributed by atoms with van der Waals surface area (Å²) in [5, 5.41) is 7.81. The Hall–Kier alpha value is -1.62. The molecule has 0 bridgehead atoms. The van der Waals surface area contributed by atoms with E-state index in [4.69, 9.17) is 11.1 Å². The average Bonchev–Trinajstić information content (AvgIpc) is 2.38. The van der Waals surface area contributed by atoms with Crippen LogP contribution in [0.25, 0.3) is 0 Å². The molecule has 0 spiro atoms. The third kappa shape index (κ3) is 3.10. The molecule has 0 unspecified atom stereocenters. The average molecular weight is 275 g/mol. The quantitative estimate of drug-likeness (QED) is 0.645. The Balaban J connectivity index is 2.23. The van der Waals surface area contributed by atoms with E-state index >= 15 is 0 Å². The SMILES string of the molecule is CCCN1CCN(c2nc(C)cc(C)c2C(=N)N)CC1. The van der Waals surface area contributed by atoms with E-state index in [-0.39, 0.29) is 5.84 Å². The van der Waals surface area contributed by atoms with Crippen LogP contribution in [0.5, 0.6) is 0 Å². The molecule has 3 N–H and O–H groups in total. The van der Waals surface area contributed by atoms with Crippen molar-refractivity contribution in [2.24, 2.45) is 5.73 Å². The fourth-order valence-corrected chi connectivity index (χ4v) is 2.88. The van der Waals surface area contributed by atoms with Gasteiger partial charge in [0.2, 0.25) is 0 Å². The van der Waals surface area contributed by atoms with Crippen molar-refractivity contribution in [3.05, 3.63) is 22.9 Å². The summed E-state index contributed by atoms with van der Waals surface area (Å²) in [7, 11) is 0. The maximum atomic E-state index is 7.81. The summed E-state index contributed by atoms with van der Waals surface area (Å²) in [6.07, 6.45) is 1.19. The first-order valence-corrected chi connectivity index (χ1v) is 7.33. The molecule has 2 rings (SSSR count). The highest BCUT2D eigenvalue weighted by Gasteiger charge is 2.22. The molecule has 0 radical (unpaired) electrons. The largest absolute Gasteiger partial charge is 0.384 e. The molecule has 20 heavy (non-hydrogen) atoms. The van der Waals surface area contributed by atoms with E-state index in [1.54, 1.807) is 0 Å². The molecule has 0 atom stereocenters. The van der Waals surface area contributed by atoms with Crippen molar-refractivity contribution >= 4 is 11.7 Å². The zero-order valence-corrected chi connectivity index (χ0v) is 12.7. The third-order valence-corrected chi connectivity index (χ3v) is 3.81. The van der Waals surface area contributed by atoms with E-state index in [0.717, 1.165) is 55.4 Å². The van der Waals surface area contributed by atoms with Crippen LogP contribution in [0.15, 0.2) is 6.07 Å². The van der Waals surface area contributed by atoms with E-state index in [2.05, 4.69) is 21.7 Å². The van der Waals surface area contributed by atoms with Crippen LogP contribution in [0.1, 0.15) is 30.2 Å². The maximum Gasteiger partial charge on any atom is 0.140 e. The number of hydrogen-bond donors (Lipinski definition) is 2. The molecular formula is C15H25N5. The van der Waals surface area contributed by atoms with Gasteiger partial charge in [0.15, 0.2) is 0 Å². The van der Waals surface area contributed by atoms with E-state index in [1.165, 1.54) is 6.42 Å². The van der Waals surface area contributed by atoms with E-state index in [1.807, 2.05) is 19.9 Å². The fraction of sp³-hybridized carbons (Fsp3) is 0.600. The number of rotatable bonds is 4. The first-order valence-electron chi connectivity index (χ1n) is 7.33. The van der Waals surface area contributed by atoms with E-state index in [0.29, 0.717) is 0 Å². The normalized spacial score (nSPS) is 16.4. The Labute approximate surface area is 121 Å². The minimum atomic E-state index is 0.112. The first kappa shape index (κ1) is 14.8. The van der Waals surface area contributed by atoms with Crippen LogP contribution < -0.4 is 10.6 Å². The lowest BCUT2D eigenvalue weighted by Gasteiger charge is -2.36. The van der Waals surface area contributed by atoms with Crippen molar-refractivity contribution in [1.29, 1.82) is 5.41 Å². The predicted molar refractivity (Wildman–Crippen MR) is 83.7 cm³/mol. The fourth-order valence-electron chi connectivity index (χ4n) is 2.88. The summed E-state index contributed by atoms with van der Waals surface area (Å²) in [5.41, 5.74) is 8.57. The standard InChI is InChI=1S/C15H25N5/c1-4-5-19-6-8-20(9-7-19)15-13(14(16)17)11(2)10-12(3)18-15/h10H,4-9H2,1-3H3,(H3,16,17). The van der Waals surface area contributed by atoms with Crippen molar-refractivity contribution in [3.8, 4) is 0 Å². The lowest BCUT2D eigenvalue weighted by Crippen LogP contribution is -2.47. The highest BCUT2D eigenvalue weighted by Crippen LogP contribution is 2.23. The van der Waals surface area contributed by atoms with Crippen LogP contribution in [0, 0.1) is 19.3 Å². The molecule has 1 fully saturated rings. The summed E-state index contributed by atoms with van der Waals surface area (Å²) in [4.78, 5) is 9.38. The van der Waals surface area contributed by atoms with Crippen molar-refractivity contribution in [2.45, 2.75) is 27.2 Å². The second kappa shape index (κ2) is 6.22. The molecule has 0 saturated carbocycles. The number of nitrogen functional groups attached to an aromatic ring is 1. The topological polar surface area (TPSA) is 69.2 Å². The highest BCUT2D eigenvalue weighted by atomic mass is 15.3. The number of nitrogens with two attached hydrogens (primary N) is 1. The van der Waals surface area contributed by atoms with Crippen LogP contribution in [0.2, 0.25) is 0 Å². The molecular weight excluding hydrogens is 250 g/mol. The molecule has 110 valence electrons. The van der Waals surface area contributed by atoms with Gasteiger partial charge in [-0.15, -0.1) is 0 Å². The van der Waals surface area contributed by atoms with Gasteiger partial charge >= 0.3 is 0 Å². The van der Waals surface area contributed by atoms with Crippen molar-refractivity contribution in [2.75, 3.05) is 37.6 Å². The van der Waals surface area contributed by atoms with Crippen LogP contribution in [-0.2, 0) is 0 Å².